The van der Waals surface area contributed by atoms with E-state index in [0.29, 0.717) is 0 Å². The smallest absolute Gasteiger partial charge is 0.123 e. The molecule has 0 aliphatic heterocycles. The zero-order valence-electron chi connectivity index (χ0n) is 10.9. The van der Waals surface area contributed by atoms with Gasteiger partial charge in [0.1, 0.15) is 5.82 Å². The van der Waals surface area contributed by atoms with Gasteiger partial charge in [0.05, 0.1) is 12.2 Å². The van der Waals surface area contributed by atoms with Crippen LogP contribution >= 0.6 is 0 Å². The predicted molar refractivity (Wildman–Crippen MR) is 70.9 cm³/mol. The van der Waals surface area contributed by atoms with Crippen LogP contribution < -0.4 is 5.32 Å². The average Bonchev–Trinajstić information content (AvgIpc) is 2.59. The van der Waals surface area contributed by atoms with Gasteiger partial charge < -0.3 is 9.88 Å². The number of nitrogens with zero attached hydrogens (tertiary/aromatic N) is 2. The maximum absolute atomic E-state index is 4.73. The summed E-state index contributed by atoms with van der Waals surface area (Å²) in [7, 11) is 4.01. The molecule has 0 spiro atoms. The standard InChI is InChI=1S/C14H19N3/c1-10-7-5-6-8-12(10)14-11(2)17(4)13(16-14)9-15-3/h5-8,15H,9H2,1-4H3. The number of nitrogens with one attached hydrogen (secondary N) is 1. The number of rotatable bonds is 3. The topological polar surface area (TPSA) is 29.9 Å². The second kappa shape index (κ2) is 4.72. The molecule has 0 unspecified atom stereocenters. The van der Waals surface area contributed by atoms with Crippen molar-refractivity contribution in [3.63, 3.8) is 0 Å². The summed E-state index contributed by atoms with van der Waals surface area (Å²) in [6.07, 6.45) is 0. The minimum absolute atomic E-state index is 0.795. The zero-order valence-corrected chi connectivity index (χ0v) is 10.9. The molecule has 1 aromatic heterocycles. The normalized spacial score (nSPS) is 10.8. The molecule has 0 amide bonds. The summed E-state index contributed by atoms with van der Waals surface area (Å²) in [4.78, 5) is 4.73. The van der Waals surface area contributed by atoms with Gasteiger partial charge in [0.2, 0.25) is 0 Å². The summed E-state index contributed by atoms with van der Waals surface area (Å²) in [5, 5.41) is 3.15. The van der Waals surface area contributed by atoms with E-state index in [-0.39, 0.29) is 0 Å². The Bertz CT molecular complexity index is 526. The Hall–Kier alpha value is -1.61. The Kier molecular flexibility index (Phi) is 3.29. The van der Waals surface area contributed by atoms with Crippen LogP contribution in [0.4, 0.5) is 0 Å². The van der Waals surface area contributed by atoms with Gasteiger partial charge in [-0.3, -0.25) is 0 Å². The number of hydrogen-bond acceptors (Lipinski definition) is 2. The fourth-order valence-electron chi connectivity index (χ4n) is 2.05. The van der Waals surface area contributed by atoms with E-state index in [9.17, 15) is 0 Å². The van der Waals surface area contributed by atoms with E-state index in [4.69, 9.17) is 4.98 Å². The molecule has 0 saturated carbocycles. The molecule has 2 aromatic rings. The van der Waals surface area contributed by atoms with E-state index in [1.165, 1.54) is 16.8 Å². The first kappa shape index (κ1) is 11.9. The van der Waals surface area contributed by atoms with E-state index >= 15 is 0 Å². The molecule has 0 atom stereocenters. The highest BCUT2D eigenvalue weighted by molar-refractivity contribution is 5.65. The molecule has 0 saturated heterocycles. The highest BCUT2D eigenvalue weighted by atomic mass is 15.1. The van der Waals surface area contributed by atoms with E-state index < -0.39 is 0 Å². The summed E-state index contributed by atoms with van der Waals surface area (Å²) in [6.45, 7) is 5.04. The molecule has 1 aromatic carbocycles. The molecule has 3 heteroatoms. The zero-order chi connectivity index (χ0) is 12.4. The predicted octanol–water partition coefficient (Wildman–Crippen LogP) is 2.42. The summed E-state index contributed by atoms with van der Waals surface area (Å²) in [6, 6.07) is 8.38. The van der Waals surface area contributed by atoms with E-state index in [1.54, 1.807) is 0 Å². The monoisotopic (exact) mass is 229 g/mol. The molecule has 0 radical (unpaired) electrons. The van der Waals surface area contributed by atoms with Gasteiger partial charge in [0.15, 0.2) is 0 Å². The third kappa shape index (κ3) is 2.11. The summed E-state index contributed by atoms with van der Waals surface area (Å²) < 4.78 is 2.15. The largest absolute Gasteiger partial charge is 0.334 e. The maximum Gasteiger partial charge on any atom is 0.123 e. The second-order valence-electron chi connectivity index (χ2n) is 4.37. The molecule has 1 N–H and O–H groups in total. The Morgan fingerprint density at radius 1 is 1.24 bits per heavy atom. The van der Waals surface area contributed by atoms with Crippen LogP contribution in [-0.2, 0) is 13.6 Å². The van der Waals surface area contributed by atoms with Gasteiger partial charge in [-0.25, -0.2) is 4.98 Å². The Labute approximate surface area is 103 Å². The van der Waals surface area contributed by atoms with Crippen molar-refractivity contribution in [2.24, 2.45) is 7.05 Å². The number of imidazole rings is 1. The van der Waals surface area contributed by atoms with Gasteiger partial charge in [0.25, 0.3) is 0 Å². The highest BCUT2D eigenvalue weighted by Gasteiger charge is 2.13. The number of benzene rings is 1. The Balaban J connectivity index is 2.53. The fraction of sp³-hybridized carbons (Fsp3) is 0.357. The molecule has 0 fully saturated rings. The lowest BCUT2D eigenvalue weighted by Gasteiger charge is -2.04. The Morgan fingerprint density at radius 3 is 2.59 bits per heavy atom. The molecular formula is C14H19N3. The van der Waals surface area contributed by atoms with Crippen molar-refractivity contribution in [1.29, 1.82) is 0 Å². The van der Waals surface area contributed by atoms with Crippen LogP contribution in [0.1, 0.15) is 17.1 Å². The van der Waals surface area contributed by atoms with Crippen molar-refractivity contribution in [2.75, 3.05) is 7.05 Å². The van der Waals surface area contributed by atoms with Gasteiger partial charge in [-0.15, -0.1) is 0 Å². The second-order valence-corrected chi connectivity index (χ2v) is 4.37. The average molecular weight is 229 g/mol. The fourth-order valence-corrected chi connectivity index (χ4v) is 2.05. The van der Waals surface area contributed by atoms with Crippen LogP contribution in [-0.4, -0.2) is 16.6 Å². The first-order valence-electron chi connectivity index (χ1n) is 5.88. The summed E-state index contributed by atoms with van der Waals surface area (Å²) >= 11 is 0. The van der Waals surface area contributed by atoms with Crippen LogP contribution in [0.5, 0.6) is 0 Å². The first-order chi connectivity index (χ1) is 8.15. The minimum atomic E-state index is 0.795. The van der Waals surface area contributed by atoms with Crippen molar-refractivity contribution < 1.29 is 0 Å². The quantitative estimate of drug-likeness (QED) is 0.876. The first-order valence-corrected chi connectivity index (χ1v) is 5.88. The maximum atomic E-state index is 4.73. The molecule has 17 heavy (non-hydrogen) atoms. The van der Waals surface area contributed by atoms with Crippen LogP contribution in [0.15, 0.2) is 24.3 Å². The lowest BCUT2D eigenvalue weighted by atomic mass is 10.1. The summed E-state index contributed by atoms with van der Waals surface area (Å²) in [5.41, 5.74) is 4.80. The van der Waals surface area contributed by atoms with Gasteiger partial charge >= 0.3 is 0 Å². The molecule has 90 valence electrons. The van der Waals surface area contributed by atoms with Gasteiger partial charge in [-0.1, -0.05) is 24.3 Å². The van der Waals surface area contributed by atoms with Crippen molar-refractivity contribution in [3.8, 4) is 11.3 Å². The van der Waals surface area contributed by atoms with Crippen molar-refractivity contribution in [1.82, 2.24) is 14.9 Å². The van der Waals surface area contributed by atoms with Crippen molar-refractivity contribution in [2.45, 2.75) is 20.4 Å². The molecule has 0 bridgehead atoms. The molecule has 0 aliphatic carbocycles. The highest BCUT2D eigenvalue weighted by Crippen LogP contribution is 2.25. The summed E-state index contributed by atoms with van der Waals surface area (Å²) in [5.74, 6) is 1.07. The van der Waals surface area contributed by atoms with Crippen LogP contribution in [0.25, 0.3) is 11.3 Å². The van der Waals surface area contributed by atoms with Crippen LogP contribution in [0.2, 0.25) is 0 Å². The van der Waals surface area contributed by atoms with Crippen molar-refractivity contribution in [3.05, 3.63) is 41.3 Å². The lowest BCUT2D eigenvalue weighted by molar-refractivity contribution is 0.701. The molecule has 0 aliphatic rings. The third-order valence-corrected chi connectivity index (χ3v) is 3.21. The number of aryl methyl sites for hydroxylation is 1. The van der Waals surface area contributed by atoms with E-state index in [0.717, 1.165) is 18.1 Å². The SMILES string of the molecule is CNCc1nc(-c2ccccc2C)c(C)n1C. The van der Waals surface area contributed by atoms with Gasteiger partial charge in [-0.2, -0.15) is 0 Å². The molecular weight excluding hydrogens is 210 g/mol. The van der Waals surface area contributed by atoms with Gasteiger partial charge in [-0.05, 0) is 26.5 Å². The van der Waals surface area contributed by atoms with Crippen LogP contribution in [0.3, 0.4) is 0 Å². The van der Waals surface area contributed by atoms with Crippen LogP contribution in [0, 0.1) is 13.8 Å². The van der Waals surface area contributed by atoms with Crippen molar-refractivity contribution >= 4 is 0 Å². The lowest BCUT2D eigenvalue weighted by Crippen LogP contribution is -2.10. The molecule has 2 rings (SSSR count). The molecule has 1 heterocycles. The Morgan fingerprint density at radius 2 is 1.94 bits per heavy atom. The molecule has 3 nitrogen and oxygen atoms in total. The third-order valence-electron chi connectivity index (χ3n) is 3.21. The van der Waals surface area contributed by atoms with E-state index in [2.05, 4.69) is 55.0 Å². The minimum Gasteiger partial charge on any atom is -0.334 e. The van der Waals surface area contributed by atoms with E-state index in [1.807, 2.05) is 7.05 Å². The number of hydrogen-bond donors (Lipinski definition) is 1. The number of aromatic nitrogens is 2. The van der Waals surface area contributed by atoms with Gasteiger partial charge in [0, 0.05) is 18.3 Å².